The predicted octanol–water partition coefficient (Wildman–Crippen LogP) is 3.89. The second kappa shape index (κ2) is 6.41. The zero-order chi connectivity index (χ0) is 16.6. The Morgan fingerprint density at radius 3 is 2.70 bits per heavy atom. The summed E-state index contributed by atoms with van der Waals surface area (Å²) in [5.41, 5.74) is 1.07. The molecule has 8 heteroatoms. The molecule has 1 fully saturated rings. The number of carbonyl (C=O) groups excluding carboxylic acids is 2. The van der Waals surface area contributed by atoms with Crippen molar-refractivity contribution in [1.29, 1.82) is 0 Å². The maximum absolute atomic E-state index is 12.7. The first-order chi connectivity index (χ1) is 11.0. The molecule has 2 aromatic rings. The number of rotatable bonds is 2. The van der Waals surface area contributed by atoms with E-state index in [9.17, 15) is 9.59 Å². The molecule has 0 aliphatic carbocycles. The van der Waals surface area contributed by atoms with Gasteiger partial charge < -0.3 is 0 Å². The summed E-state index contributed by atoms with van der Waals surface area (Å²) in [5, 5.41) is 6.63. The lowest BCUT2D eigenvalue weighted by molar-refractivity contribution is -0.122. The number of thiocarbonyl (C=S) groups is 1. The van der Waals surface area contributed by atoms with Crippen molar-refractivity contribution in [1.82, 2.24) is 5.32 Å². The lowest BCUT2D eigenvalue weighted by Gasteiger charge is -2.29. The summed E-state index contributed by atoms with van der Waals surface area (Å²) in [7, 11) is 0. The molecule has 3 rings (SSSR count). The van der Waals surface area contributed by atoms with Gasteiger partial charge in [0, 0.05) is 0 Å². The number of amides is 2. The van der Waals surface area contributed by atoms with Gasteiger partial charge in [0.25, 0.3) is 11.8 Å². The van der Waals surface area contributed by atoms with Crippen LogP contribution in [0.3, 0.4) is 0 Å². The van der Waals surface area contributed by atoms with Crippen LogP contribution < -0.4 is 10.2 Å². The highest BCUT2D eigenvalue weighted by Crippen LogP contribution is 2.34. The smallest absolute Gasteiger partial charge is 0.270 e. The number of nitrogens with one attached hydrogen (secondary N) is 1. The van der Waals surface area contributed by atoms with E-state index in [4.69, 9.17) is 35.4 Å². The van der Waals surface area contributed by atoms with Gasteiger partial charge in [0.15, 0.2) is 5.11 Å². The van der Waals surface area contributed by atoms with Gasteiger partial charge in [-0.2, -0.15) is 11.3 Å². The van der Waals surface area contributed by atoms with Crippen LogP contribution in [0.1, 0.15) is 5.56 Å². The van der Waals surface area contributed by atoms with Crippen molar-refractivity contribution in [2.24, 2.45) is 0 Å². The Kier molecular flexibility index (Phi) is 4.50. The highest BCUT2D eigenvalue weighted by atomic mass is 35.5. The number of anilines is 1. The number of hydrogen-bond donors (Lipinski definition) is 1. The number of thiophene rings is 1. The number of halogens is 2. The van der Waals surface area contributed by atoms with Crippen LogP contribution in [0.4, 0.5) is 5.69 Å². The minimum Gasteiger partial charge on any atom is -0.298 e. The van der Waals surface area contributed by atoms with Gasteiger partial charge in [0.2, 0.25) is 0 Å². The first kappa shape index (κ1) is 16.1. The van der Waals surface area contributed by atoms with Gasteiger partial charge in [0.05, 0.1) is 15.7 Å². The fourth-order valence-electron chi connectivity index (χ4n) is 2.07. The molecule has 0 atom stereocenters. The minimum absolute atomic E-state index is 0.0203. The lowest BCUT2D eigenvalue weighted by Crippen LogP contribution is -2.54. The predicted molar refractivity (Wildman–Crippen MR) is 97.0 cm³/mol. The van der Waals surface area contributed by atoms with E-state index < -0.39 is 11.8 Å². The zero-order valence-corrected chi connectivity index (χ0v) is 14.5. The molecule has 0 radical (unpaired) electrons. The van der Waals surface area contributed by atoms with Gasteiger partial charge >= 0.3 is 0 Å². The van der Waals surface area contributed by atoms with Crippen molar-refractivity contribution in [3.05, 3.63) is 56.2 Å². The summed E-state index contributed by atoms with van der Waals surface area (Å²) in [6.07, 6.45) is 1.52. The first-order valence-electron chi connectivity index (χ1n) is 6.36. The molecule has 4 nitrogen and oxygen atoms in total. The maximum Gasteiger partial charge on any atom is 0.270 e. The fraction of sp³-hybridized carbons (Fsp3) is 0. The largest absolute Gasteiger partial charge is 0.298 e. The van der Waals surface area contributed by atoms with E-state index in [1.807, 2.05) is 16.8 Å². The third-order valence-electron chi connectivity index (χ3n) is 3.13. The van der Waals surface area contributed by atoms with E-state index in [-0.39, 0.29) is 15.7 Å². The van der Waals surface area contributed by atoms with Crippen LogP contribution in [-0.2, 0) is 9.59 Å². The molecular formula is C15H8Cl2N2O2S2. The standard InChI is InChI=1S/C15H8Cl2N2O2S2/c16-10-2-1-3-11(12(10)17)19-14(21)9(13(20)18-15(19)22)6-8-4-5-23-7-8/h1-7H,(H,18,20,22)/b9-6+. The average Bonchev–Trinajstić information content (AvgIpc) is 3.01. The van der Waals surface area contributed by atoms with E-state index in [1.54, 1.807) is 18.2 Å². The van der Waals surface area contributed by atoms with Crippen LogP contribution in [0.15, 0.2) is 40.6 Å². The molecule has 23 heavy (non-hydrogen) atoms. The summed E-state index contributed by atoms with van der Waals surface area (Å²) in [5.74, 6) is -1.09. The number of carbonyl (C=O) groups is 2. The molecule has 0 bridgehead atoms. The summed E-state index contributed by atoms with van der Waals surface area (Å²) >= 11 is 18.7. The van der Waals surface area contributed by atoms with E-state index in [1.165, 1.54) is 22.3 Å². The molecule has 116 valence electrons. The monoisotopic (exact) mass is 382 g/mol. The third-order valence-corrected chi connectivity index (χ3v) is 4.92. The highest BCUT2D eigenvalue weighted by Gasteiger charge is 2.35. The van der Waals surface area contributed by atoms with Crippen LogP contribution in [0.25, 0.3) is 6.08 Å². The Balaban J connectivity index is 2.07. The number of benzene rings is 1. The normalized spacial score (nSPS) is 16.9. The molecule has 1 saturated heterocycles. The van der Waals surface area contributed by atoms with E-state index >= 15 is 0 Å². The van der Waals surface area contributed by atoms with Crippen LogP contribution >= 0.6 is 46.8 Å². The second-order valence-corrected chi connectivity index (χ2v) is 6.54. The summed E-state index contributed by atoms with van der Waals surface area (Å²) in [6.45, 7) is 0. The Hall–Kier alpha value is -1.73. The van der Waals surface area contributed by atoms with Crippen LogP contribution in [0, 0.1) is 0 Å². The van der Waals surface area contributed by atoms with E-state index in [0.717, 1.165) is 5.56 Å². The molecule has 2 amide bonds. The van der Waals surface area contributed by atoms with Crippen molar-refractivity contribution in [3.63, 3.8) is 0 Å². The maximum atomic E-state index is 12.7. The van der Waals surface area contributed by atoms with Crippen LogP contribution in [-0.4, -0.2) is 16.9 Å². The molecule has 1 aromatic heterocycles. The molecule has 2 heterocycles. The Morgan fingerprint density at radius 1 is 1.22 bits per heavy atom. The van der Waals surface area contributed by atoms with Gasteiger partial charge in [-0.05, 0) is 52.8 Å². The summed E-state index contributed by atoms with van der Waals surface area (Å²) in [4.78, 5) is 26.0. The van der Waals surface area contributed by atoms with Crippen LogP contribution in [0.2, 0.25) is 10.0 Å². The van der Waals surface area contributed by atoms with Gasteiger partial charge in [-0.3, -0.25) is 19.8 Å². The third kappa shape index (κ3) is 3.03. The molecular weight excluding hydrogens is 375 g/mol. The molecule has 0 spiro atoms. The van der Waals surface area contributed by atoms with Crippen molar-refractivity contribution in [2.75, 3.05) is 4.90 Å². The van der Waals surface area contributed by atoms with Crippen molar-refractivity contribution < 1.29 is 9.59 Å². The van der Waals surface area contributed by atoms with Crippen LogP contribution in [0.5, 0.6) is 0 Å². The molecule has 0 saturated carbocycles. The highest BCUT2D eigenvalue weighted by molar-refractivity contribution is 7.80. The molecule has 1 aliphatic heterocycles. The fourth-order valence-corrected chi connectivity index (χ4v) is 3.34. The molecule has 1 aliphatic rings. The Bertz CT molecular complexity index is 847. The van der Waals surface area contributed by atoms with Gasteiger partial charge in [0.1, 0.15) is 5.57 Å². The molecule has 0 unspecified atom stereocenters. The molecule has 1 aromatic carbocycles. The quantitative estimate of drug-likeness (QED) is 0.486. The Labute approximate surface area is 151 Å². The van der Waals surface area contributed by atoms with E-state index in [2.05, 4.69) is 5.32 Å². The average molecular weight is 383 g/mol. The van der Waals surface area contributed by atoms with Crippen molar-refractivity contribution >= 4 is 75.4 Å². The SMILES string of the molecule is O=C1NC(=S)N(c2cccc(Cl)c2Cl)C(=O)/C1=C/c1ccsc1. The Morgan fingerprint density at radius 2 is 2.00 bits per heavy atom. The van der Waals surface area contributed by atoms with Crippen molar-refractivity contribution in [2.45, 2.75) is 0 Å². The second-order valence-electron chi connectivity index (χ2n) is 4.59. The number of hydrogen-bond acceptors (Lipinski definition) is 4. The van der Waals surface area contributed by atoms with Gasteiger partial charge in [-0.25, -0.2) is 0 Å². The zero-order valence-electron chi connectivity index (χ0n) is 11.4. The number of nitrogens with zero attached hydrogens (tertiary/aromatic N) is 1. The summed E-state index contributed by atoms with van der Waals surface area (Å²) < 4.78 is 0. The lowest BCUT2D eigenvalue weighted by atomic mass is 10.1. The van der Waals surface area contributed by atoms with Gasteiger partial charge in [-0.1, -0.05) is 29.3 Å². The van der Waals surface area contributed by atoms with Crippen molar-refractivity contribution in [3.8, 4) is 0 Å². The van der Waals surface area contributed by atoms with Gasteiger partial charge in [-0.15, -0.1) is 0 Å². The molecule has 1 N–H and O–H groups in total. The summed E-state index contributed by atoms with van der Waals surface area (Å²) in [6, 6.07) is 6.67. The topological polar surface area (TPSA) is 49.4 Å². The van der Waals surface area contributed by atoms with E-state index in [0.29, 0.717) is 10.7 Å². The minimum atomic E-state index is -0.547. The first-order valence-corrected chi connectivity index (χ1v) is 8.47.